The van der Waals surface area contributed by atoms with Crippen LogP contribution in [0.3, 0.4) is 0 Å². The van der Waals surface area contributed by atoms with Gasteiger partial charge in [-0.1, -0.05) is 23.5 Å². The van der Waals surface area contributed by atoms with Crippen LogP contribution in [0.15, 0.2) is 40.4 Å². The summed E-state index contributed by atoms with van der Waals surface area (Å²) in [6.07, 6.45) is 1.46. The lowest BCUT2D eigenvalue weighted by Gasteiger charge is -2.15. The van der Waals surface area contributed by atoms with E-state index >= 15 is 0 Å². The minimum absolute atomic E-state index is 0.0857. The van der Waals surface area contributed by atoms with Crippen molar-refractivity contribution in [1.82, 2.24) is 10.2 Å². The molecule has 10 heteroatoms. The number of nitrogens with zero attached hydrogens (tertiary/aromatic N) is 3. The molecule has 0 atom stereocenters. The highest BCUT2D eigenvalue weighted by Gasteiger charge is 2.15. The summed E-state index contributed by atoms with van der Waals surface area (Å²) in [6.45, 7) is 6.43. The zero-order valence-electron chi connectivity index (χ0n) is 19.1. The Labute approximate surface area is 210 Å². The summed E-state index contributed by atoms with van der Waals surface area (Å²) in [6, 6.07) is 11.4. The molecule has 3 aromatic rings. The number of nitriles is 1. The fourth-order valence-corrected chi connectivity index (χ4v) is 4.11. The van der Waals surface area contributed by atoms with E-state index < -0.39 is 5.91 Å². The van der Waals surface area contributed by atoms with Crippen molar-refractivity contribution in [3.63, 3.8) is 0 Å². The number of anilines is 1. The van der Waals surface area contributed by atoms with E-state index in [0.717, 1.165) is 16.9 Å². The van der Waals surface area contributed by atoms with E-state index in [1.54, 1.807) is 19.1 Å². The summed E-state index contributed by atoms with van der Waals surface area (Å²) in [7, 11) is 1.52. The SMILES string of the molecule is COc1cc(C=C(C#N)C(=O)Nc2nnc(C)s2)cc(Br)c1OCCOc1cc(C)ccc1C. The quantitative estimate of drug-likeness (QED) is 0.224. The number of aryl methyl sites for hydroxylation is 3. The molecule has 0 saturated carbocycles. The number of nitrogens with one attached hydrogen (secondary N) is 1. The average molecular weight is 543 g/mol. The van der Waals surface area contributed by atoms with E-state index in [4.69, 9.17) is 14.2 Å². The minimum atomic E-state index is -0.572. The Morgan fingerprint density at radius 2 is 1.91 bits per heavy atom. The van der Waals surface area contributed by atoms with Gasteiger partial charge in [-0.05, 0) is 77.7 Å². The van der Waals surface area contributed by atoms with Crippen LogP contribution in [0.4, 0.5) is 5.13 Å². The normalized spacial score (nSPS) is 11.0. The Morgan fingerprint density at radius 3 is 2.59 bits per heavy atom. The number of ether oxygens (including phenoxy) is 3. The summed E-state index contributed by atoms with van der Waals surface area (Å²) < 4.78 is 17.8. The lowest BCUT2D eigenvalue weighted by Crippen LogP contribution is -2.13. The molecular formula is C24H23BrN4O4S. The molecule has 2 aromatic carbocycles. The maximum absolute atomic E-state index is 12.5. The molecule has 34 heavy (non-hydrogen) atoms. The fraction of sp³-hybridized carbons (Fsp3) is 0.250. The van der Waals surface area contributed by atoms with E-state index in [-0.39, 0.29) is 5.57 Å². The van der Waals surface area contributed by atoms with Crippen molar-refractivity contribution in [3.8, 4) is 23.3 Å². The Bertz CT molecular complexity index is 1270. The summed E-state index contributed by atoms with van der Waals surface area (Å²) in [5.74, 6) is 1.19. The van der Waals surface area contributed by atoms with Gasteiger partial charge in [-0.2, -0.15) is 5.26 Å². The summed E-state index contributed by atoms with van der Waals surface area (Å²) in [4.78, 5) is 12.5. The van der Waals surface area contributed by atoms with Crippen LogP contribution in [0.25, 0.3) is 6.08 Å². The van der Waals surface area contributed by atoms with Gasteiger partial charge in [-0.25, -0.2) is 0 Å². The predicted octanol–water partition coefficient (Wildman–Crippen LogP) is 5.24. The van der Waals surface area contributed by atoms with Gasteiger partial charge in [0.1, 0.15) is 35.6 Å². The average Bonchev–Trinajstić information content (AvgIpc) is 3.22. The highest BCUT2D eigenvalue weighted by atomic mass is 79.9. The second-order valence-corrected chi connectivity index (χ2v) is 9.29. The summed E-state index contributed by atoms with van der Waals surface area (Å²) in [5, 5.41) is 20.8. The smallest absolute Gasteiger partial charge is 0.268 e. The van der Waals surface area contributed by atoms with E-state index in [0.29, 0.717) is 44.9 Å². The number of hydrogen-bond acceptors (Lipinski definition) is 8. The minimum Gasteiger partial charge on any atom is -0.493 e. The second-order valence-electron chi connectivity index (χ2n) is 7.25. The van der Waals surface area contributed by atoms with Gasteiger partial charge in [0.15, 0.2) is 11.5 Å². The number of rotatable bonds is 9. The van der Waals surface area contributed by atoms with Crippen molar-refractivity contribution in [3.05, 3.63) is 62.1 Å². The van der Waals surface area contributed by atoms with Crippen molar-refractivity contribution in [1.29, 1.82) is 5.26 Å². The van der Waals surface area contributed by atoms with Crippen LogP contribution in [0.1, 0.15) is 21.7 Å². The number of halogens is 1. The third-order valence-electron chi connectivity index (χ3n) is 4.61. The monoisotopic (exact) mass is 542 g/mol. The van der Waals surface area contributed by atoms with Crippen LogP contribution in [-0.2, 0) is 4.79 Å². The molecule has 1 heterocycles. The van der Waals surface area contributed by atoms with Crippen LogP contribution >= 0.6 is 27.3 Å². The highest BCUT2D eigenvalue weighted by Crippen LogP contribution is 2.37. The van der Waals surface area contributed by atoms with E-state index in [1.165, 1.54) is 24.5 Å². The second kappa shape index (κ2) is 11.6. The van der Waals surface area contributed by atoms with Crippen LogP contribution < -0.4 is 19.5 Å². The summed E-state index contributed by atoms with van der Waals surface area (Å²) >= 11 is 4.71. The number of hydrogen-bond donors (Lipinski definition) is 1. The third-order valence-corrected chi connectivity index (χ3v) is 5.95. The number of amides is 1. The lowest BCUT2D eigenvalue weighted by molar-refractivity contribution is -0.112. The van der Waals surface area contributed by atoms with Gasteiger partial charge >= 0.3 is 0 Å². The van der Waals surface area contributed by atoms with Crippen LogP contribution in [0, 0.1) is 32.1 Å². The Hall–Kier alpha value is -3.42. The van der Waals surface area contributed by atoms with Gasteiger partial charge in [0.2, 0.25) is 5.13 Å². The highest BCUT2D eigenvalue weighted by molar-refractivity contribution is 9.10. The first-order chi connectivity index (χ1) is 16.3. The van der Waals surface area contributed by atoms with Crippen molar-refractivity contribution in [2.75, 3.05) is 25.6 Å². The first-order valence-corrected chi connectivity index (χ1v) is 11.8. The molecule has 0 unspecified atom stereocenters. The van der Waals surface area contributed by atoms with Crippen molar-refractivity contribution in [2.24, 2.45) is 0 Å². The van der Waals surface area contributed by atoms with Crippen LogP contribution in [0.5, 0.6) is 17.2 Å². The lowest BCUT2D eigenvalue weighted by atomic mass is 10.1. The predicted molar refractivity (Wildman–Crippen MR) is 134 cm³/mol. The molecule has 0 fully saturated rings. The molecule has 0 saturated heterocycles. The Morgan fingerprint density at radius 1 is 1.15 bits per heavy atom. The molecule has 0 aliphatic rings. The van der Waals surface area contributed by atoms with Crippen molar-refractivity contribution >= 4 is 44.4 Å². The molecule has 0 spiro atoms. The maximum Gasteiger partial charge on any atom is 0.268 e. The van der Waals surface area contributed by atoms with E-state index in [2.05, 4.69) is 31.4 Å². The van der Waals surface area contributed by atoms with Crippen molar-refractivity contribution < 1.29 is 19.0 Å². The molecule has 0 bridgehead atoms. The molecular weight excluding hydrogens is 520 g/mol. The standard InChI is InChI=1S/C24H23BrN4O4S/c1-14-5-6-15(2)20(9-14)32-7-8-33-22-19(25)11-17(12-21(22)31-4)10-18(13-26)23(30)27-24-29-28-16(3)34-24/h5-6,9-12H,7-8H2,1-4H3,(H,27,29,30). The molecule has 0 aliphatic carbocycles. The molecule has 1 N–H and O–H groups in total. The first-order valence-electron chi connectivity index (χ1n) is 10.2. The molecule has 0 radical (unpaired) electrons. The van der Waals surface area contributed by atoms with Gasteiger partial charge in [-0.15, -0.1) is 10.2 Å². The zero-order chi connectivity index (χ0) is 24.7. The van der Waals surface area contributed by atoms with Gasteiger partial charge in [0.05, 0.1) is 11.6 Å². The number of aromatic nitrogens is 2. The van der Waals surface area contributed by atoms with Crippen LogP contribution in [-0.4, -0.2) is 36.4 Å². The van der Waals surface area contributed by atoms with Gasteiger partial charge < -0.3 is 14.2 Å². The largest absolute Gasteiger partial charge is 0.493 e. The molecule has 8 nitrogen and oxygen atoms in total. The number of carbonyl (C=O) groups is 1. The van der Waals surface area contributed by atoms with Crippen molar-refractivity contribution in [2.45, 2.75) is 20.8 Å². The first kappa shape index (κ1) is 25.2. The van der Waals surface area contributed by atoms with Gasteiger partial charge in [-0.3, -0.25) is 10.1 Å². The Balaban J connectivity index is 1.69. The van der Waals surface area contributed by atoms with Crippen LogP contribution in [0.2, 0.25) is 0 Å². The topological polar surface area (TPSA) is 106 Å². The molecule has 1 aromatic heterocycles. The maximum atomic E-state index is 12.5. The number of benzene rings is 2. The third kappa shape index (κ3) is 6.56. The molecule has 0 aliphatic heterocycles. The van der Waals surface area contributed by atoms with E-state index in [9.17, 15) is 10.1 Å². The molecule has 1 amide bonds. The number of methoxy groups -OCH3 is 1. The zero-order valence-corrected chi connectivity index (χ0v) is 21.5. The van der Waals surface area contributed by atoms with E-state index in [1.807, 2.05) is 38.1 Å². The fourth-order valence-electron chi connectivity index (χ4n) is 2.95. The number of carbonyl (C=O) groups excluding carboxylic acids is 1. The Kier molecular flexibility index (Phi) is 8.62. The molecule has 176 valence electrons. The van der Waals surface area contributed by atoms with Gasteiger partial charge in [0, 0.05) is 0 Å². The van der Waals surface area contributed by atoms with Gasteiger partial charge in [0.25, 0.3) is 5.91 Å². The molecule has 3 rings (SSSR count). The summed E-state index contributed by atoms with van der Waals surface area (Å²) in [5.41, 5.74) is 2.68.